The predicted molar refractivity (Wildman–Crippen MR) is 57.5 cm³/mol. The molecule has 0 bridgehead atoms. The van der Waals surface area contributed by atoms with Gasteiger partial charge in [0, 0.05) is 6.04 Å². The van der Waals surface area contributed by atoms with Crippen LogP contribution in [0.3, 0.4) is 0 Å². The van der Waals surface area contributed by atoms with Crippen molar-refractivity contribution in [3.05, 3.63) is 0 Å². The number of aliphatic carboxylic acids is 1. The van der Waals surface area contributed by atoms with Gasteiger partial charge in [-0.1, -0.05) is 0 Å². The van der Waals surface area contributed by atoms with E-state index in [0.717, 1.165) is 0 Å². The van der Waals surface area contributed by atoms with Gasteiger partial charge in [-0.25, -0.2) is 0 Å². The van der Waals surface area contributed by atoms with E-state index < -0.39 is 31.7 Å². The fraction of sp³-hybridized carbons (Fsp3) is 0.750. The minimum Gasteiger partial charge on any atom is -0.480 e. The summed E-state index contributed by atoms with van der Waals surface area (Å²) < 4.78 is 10.6. The Balaban J connectivity index is 2.44. The summed E-state index contributed by atoms with van der Waals surface area (Å²) >= 11 is 0. The first kappa shape index (κ1) is 14.1. The molecule has 0 spiro atoms. The van der Waals surface area contributed by atoms with Gasteiger partial charge in [0.1, 0.15) is 12.2 Å². The van der Waals surface area contributed by atoms with Gasteiger partial charge in [0.05, 0.1) is 0 Å². The fourth-order valence-electron chi connectivity index (χ4n) is 1.70. The van der Waals surface area contributed by atoms with E-state index in [1.165, 1.54) is 0 Å². The molecule has 0 aliphatic carbocycles. The minimum atomic E-state index is -4.37. The van der Waals surface area contributed by atoms with Crippen LogP contribution in [-0.4, -0.2) is 51.6 Å². The summed E-state index contributed by atoms with van der Waals surface area (Å²) in [6, 6.07) is -1.10. The van der Waals surface area contributed by atoms with E-state index in [2.05, 4.69) is 10.6 Å². The first-order valence-electron chi connectivity index (χ1n) is 5.08. The molecule has 1 rings (SSSR count). The Morgan fingerprint density at radius 2 is 2.06 bits per heavy atom. The molecule has 1 saturated heterocycles. The van der Waals surface area contributed by atoms with Crippen molar-refractivity contribution < 1.29 is 29.0 Å². The lowest BCUT2D eigenvalue weighted by atomic mass is 9.99. The summed E-state index contributed by atoms with van der Waals surface area (Å²) in [4.78, 5) is 39.2. The van der Waals surface area contributed by atoms with Crippen molar-refractivity contribution in [1.29, 1.82) is 0 Å². The maximum Gasteiger partial charge on any atom is 0.334 e. The number of piperidine rings is 1. The summed E-state index contributed by atoms with van der Waals surface area (Å²) in [6.07, 6.45) is -0.117. The highest BCUT2D eigenvalue weighted by atomic mass is 31.2. The first-order valence-corrected chi connectivity index (χ1v) is 6.88. The lowest BCUT2D eigenvalue weighted by Gasteiger charge is -2.28. The number of hydrogen-bond donors (Lipinski definition) is 5. The van der Waals surface area contributed by atoms with Crippen LogP contribution in [-0.2, 0) is 14.2 Å². The highest BCUT2D eigenvalue weighted by molar-refractivity contribution is 7.52. The number of carbonyl (C=O) groups is 2. The minimum absolute atomic E-state index is 0.211. The number of amides is 1. The van der Waals surface area contributed by atoms with Crippen molar-refractivity contribution in [2.24, 2.45) is 0 Å². The Kier molecular flexibility index (Phi) is 4.64. The Bertz CT molecular complexity index is 354. The van der Waals surface area contributed by atoms with E-state index in [9.17, 15) is 14.2 Å². The van der Waals surface area contributed by atoms with Crippen molar-refractivity contribution in [2.45, 2.75) is 24.9 Å². The molecule has 5 N–H and O–H groups in total. The third-order valence-electron chi connectivity index (χ3n) is 2.42. The van der Waals surface area contributed by atoms with Crippen LogP contribution < -0.4 is 10.6 Å². The van der Waals surface area contributed by atoms with Crippen LogP contribution in [0.4, 0.5) is 0 Å². The van der Waals surface area contributed by atoms with Crippen LogP contribution in [0.25, 0.3) is 0 Å². The van der Waals surface area contributed by atoms with Gasteiger partial charge in [0.25, 0.3) is 0 Å². The number of carbonyl (C=O) groups excluding carboxylic acids is 1. The molecule has 0 radical (unpaired) electrons. The van der Waals surface area contributed by atoms with Crippen LogP contribution in [0.15, 0.2) is 0 Å². The maximum absolute atomic E-state index is 11.2. The van der Waals surface area contributed by atoms with Crippen LogP contribution in [0.1, 0.15) is 12.8 Å². The SMILES string of the molecule is O=C(CP(=O)(O)O)N[C@H]1CCN[C@@H](C(=O)O)C1. The first-order chi connectivity index (χ1) is 7.78. The second-order valence-electron chi connectivity index (χ2n) is 3.96. The lowest BCUT2D eigenvalue weighted by molar-refractivity contribution is -0.140. The van der Waals surface area contributed by atoms with Crippen molar-refractivity contribution in [3.8, 4) is 0 Å². The van der Waals surface area contributed by atoms with Crippen LogP contribution in [0.5, 0.6) is 0 Å². The molecule has 2 atom stereocenters. The molecular formula is C8H15N2O6P. The quantitative estimate of drug-likeness (QED) is 0.390. The number of carboxylic acid groups (broad SMARTS) is 1. The van der Waals surface area contributed by atoms with E-state index in [1.807, 2.05) is 0 Å². The zero-order valence-corrected chi connectivity index (χ0v) is 9.89. The number of nitrogens with one attached hydrogen (secondary N) is 2. The van der Waals surface area contributed by atoms with Crippen molar-refractivity contribution >= 4 is 19.5 Å². The van der Waals surface area contributed by atoms with Gasteiger partial charge in [0.2, 0.25) is 5.91 Å². The van der Waals surface area contributed by atoms with Crippen molar-refractivity contribution in [2.75, 3.05) is 12.7 Å². The molecule has 0 unspecified atom stereocenters. The highest BCUT2D eigenvalue weighted by Gasteiger charge is 2.28. The zero-order chi connectivity index (χ0) is 13.1. The summed E-state index contributed by atoms with van der Waals surface area (Å²) in [5.41, 5.74) is 0. The molecule has 8 nitrogen and oxygen atoms in total. The Morgan fingerprint density at radius 1 is 1.41 bits per heavy atom. The largest absolute Gasteiger partial charge is 0.480 e. The van der Waals surface area contributed by atoms with Gasteiger partial charge < -0.3 is 25.5 Å². The molecule has 0 aromatic heterocycles. The van der Waals surface area contributed by atoms with Crippen LogP contribution in [0, 0.1) is 0 Å². The molecule has 1 aliphatic heterocycles. The second kappa shape index (κ2) is 5.59. The summed E-state index contributed by atoms with van der Waals surface area (Å²) in [5.74, 6) is -1.76. The molecule has 0 aromatic rings. The Labute approximate surface area is 97.6 Å². The standard InChI is InChI=1S/C8H15N2O6P/c11-7(4-17(14,15)16)10-5-1-2-9-6(3-5)8(12)13/h5-6,9H,1-4H2,(H,10,11)(H,12,13)(H2,14,15,16)/t5-,6+/m0/s1. The van der Waals surface area contributed by atoms with E-state index in [4.69, 9.17) is 14.9 Å². The van der Waals surface area contributed by atoms with E-state index in [1.54, 1.807) is 0 Å². The molecule has 0 saturated carbocycles. The topological polar surface area (TPSA) is 136 Å². The third kappa shape index (κ3) is 5.27. The van der Waals surface area contributed by atoms with E-state index in [0.29, 0.717) is 13.0 Å². The average molecular weight is 266 g/mol. The zero-order valence-electron chi connectivity index (χ0n) is 9.00. The van der Waals surface area contributed by atoms with Crippen molar-refractivity contribution in [3.63, 3.8) is 0 Å². The highest BCUT2D eigenvalue weighted by Crippen LogP contribution is 2.33. The number of carboxylic acids is 1. The predicted octanol–water partition coefficient (Wildman–Crippen LogP) is -1.51. The van der Waals surface area contributed by atoms with Crippen LogP contribution >= 0.6 is 7.60 Å². The number of hydrogen-bond acceptors (Lipinski definition) is 4. The lowest BCUT2D eigenvalue weighted by Crippen LogP contribution is -2.51. The van der Waals surface area contributed by atoms with Gasteiger partial charge >= 0.3 is 13.6 Å². The van der Waals surface area contributed by atoms with Gasteiger partial charge in [-0.2, -0.15) is 0 Å². The monoisotopic (exact) mass is 266 g/mol. The second-order valence-corrected chi connectivity index (χ2v) is 5.60. The summed E-state index contributed by atoms with van der Waals surface area (Å²) in [6.45, 7) is 0.442. The summed E-state index contributed by atoms with van der Waals surface area (Å²) in [5, 5.41) is 14.0. The van der Waals surface area contributed by atoms with Gasteiger partial charge in [-0.3, -0.25) is 14.2 Å². The van der Waals surface area contributed by atoms with Crippen LogP contribution in [0.2, 0.25) is 0 Å². The van der Waals surface area contributed by atoms with Gasteiger partial charge in [-0.15, -0.1) is 0 Å². The molecular weight excluding hydrogens is 251 g/mol. The Morgan fingerprint density at radius 3 is 2.59 bits per heavy atom. The Hall–Kier alpha value is -0.950. The number of rotatable bonds is 4. The normalized spacial score (nSPS) is 25.3. The van der Waals surface area contributed by atoms with Gasteiger partial charge in [0.15, 0.2) is 0 Å². The maximum atomic E-state index is 11.2. The molecule has 1 aliphatic rings. The smallest absolute Gasteiger partial charge is 0.334 e. The van der Waals surface area contributed by atoms with Gasteiger partial charge in [-0.05, 0) is 19.4 Å². The molecule has 1 fully saturated rings. The molecule has 0 aromatic carbocycles. The molecule has 9 heteroatoms. The molecule has 98 valence electrons. The molecule has 17 heavy (non-hydrogen) atoms. The molecule has 1 amide bonds. The molecule has 1 heterocycles. The van der Waals surface area contributed by atoms with Crippen molar-refractivity contribution in [1.82, 2.24) is 10.6 Å². The summed E-state index contributed by atoms with van der Waals surface area (Å²) in [7, 11) is -4.37. The average Bonchev–Trinajstić information content (AvgIpc) is 2.14. The van der Waals surface area contributed by atoms with E-state index in [-0.39, 0.29) is 12.5 Å². The fourth-order valence-corrected chi connectivity index (χ4v) is 2.16. The third-order valence-corrected chi connectivity index (χ3v) is 3.12. The van der Waals surface area contributed by atoms with E-state index >= 15 is 0 Å².